The maximum absolute atomic E-state index is 10.3. The van der Waals surface area contributed by atoms with Crippen molar-refractivity contribution >= 4 is 11.8 Å². The summed E-state index contributed by atoms with van der Waals surface area (Å²) in [5.74, 6) is 0.189. The van der Waals surface area contributed by atoms with Crippen molar-refractivity contribution in [3.05, 3.63) is 0 Å². The second kappa shape index (κ2) is 2.05. The van der Waals surface area contributed by atoms with Crippen LogP contribution < -0.4 is 11.1 Å². The number of Topliss-reactive ketones (excluding diaryl/α,β-unsaturated/α-hetero) is 1. The van der Waals surface area contributed by atoms with E-state index < -0.39 is 6.03 Å². The number of nitrogens with two attached hydrogens (primary N) is 1. The molecule has 0 aliphatic heterocycles. The molecule has 0 spiro atoms. The van der Waals surface area contributed by atoms with Gasteiger partial charge in [0.25, 0.3) is 0 Å². The van der Waals surface area contributed by atoms with Gasteiger partial charge in [-0.1, -0.05) is 0 Å². The molecular weight excluding hydrogens is 120 g/mol. The molecule has 1 aliphatic rings. The molecule has 0 saturated heterocycles. The van der Waals surface area contributed by atoms with Crippen LogP contribution in [-0.4, -0.2) is 17.9 Å². The molecule has 9 heavy (non-hydrogen) atoms. The van der Waals surface area contributed by atoms with Gasteiger partial charge in [0, 0.05) is 18.9 Å². The van der Waals surface area contributed by atoms with Gasteiger partial charge < -0.3 is 11.1 Å². The molecule has 0 radical (unpaired) electrons. The summed E-state index contributed by atoms with van der Waals surface area (Å²) in [6, 6.07) is -0.539. The Hall–Kier alpha value is -1.06. The van der Waals surface area contributed by atoms with Crippen LogP contribution >= 0.6 is 0 Å². The molecule has 1 fully saturated rings. The molecule has 0 aromatic carbocycles. The van der Waals surface area contributed by atoms with Gasteiger partial charge in [0.2, 0.25) is 0 Å². The number of nitrogens with one attached hydrogen (secondary N) is 1. The Morgan fingerprint density at radius 1 is 1.67 bits per heavy atom. The Labute approximate surface area is 52.4 Å². The van der Waals surface area contributed by atoms with Gasteiger partial charge in [0.05, 0.1) is 0 Å². The minimum absolute atomic E-state index is 0.00926. The number of rotatable bonds is 1. The zero-order valence-electron chi connectivity index (χ0n) is 4.89. The smallest absolute Gasteiger partial charge is 0.312 e. The lowest BCUT2D eigenvalue weighted by molar-refractivity contribution is -0.124. The van der Waals surface area contributed by atoms with Crippen LogP contribution in [0.2, 0.25) is 0 Å². The molecule has 0 aromatic heterocycles. The summed E-state index contributed by atoms with van der Waals surface area (Å²) >= 11 is 0. The molecule has 0 bridgehead atoms. The largest absolute Gasteiger partial charge is 0.352 e. The monoisotopic (exact) mass is 128 g/mol. The Morgan fingerprint density at radius 3 is 2.56 bits per heavy atom. The first-order valence-corrected chi connectivity index (χ1v) is 2.76. The molecule has 1 rings (SSSR count). The third kappa shape index (κ3) is 1.42. The van der Waals surface area contributed by atoms with E-state index in [4.69, 9.17) is 5.73 Å². The standard InChI is InChI=1S/C5H8N2O2/c6-5(9)7-3-1-4(8)2-3/h3H,1-2H2,(H3,6,7,9). The fourth-order valence-electron chi connectivity index (χ4n) is 0.793. The van der Waals surface area contributed by atoms with Crippen molar-refractivity contribution < 1.29 is 9.59 Å². The zero-order valence-corrected chi connectivity index (χ0v) is 4.89. The quantitative estimate of drug-likeness (QED) is 0.494. The average Bonchev–Trinajstić information content (AvgIpc) is 1.60. The van der Waals surface area contributed by atoms with Crippen LogP contribution in [0.5, 0.6) is 0 Å². The van der Waals surface area contributed by atoms with E-state index in [9.17, 15) is 9.59 Å². The molecule has 4 heteroatoms. The second-order valence-electron chi connectivity index (χ2n) is 2.15. The normalized spacial score (nSPS) is 18.9. The van der Waals surface area contributed by atoms with E-state index in [-0.39, 0.29) is 11.8 Å². The van der Waals surface area contributed by atoms with Gasteiger partial charge in [0.1, 0.15) is 5.78 Å². The number of carbonyl (C=O) groups is 2. The third-order valence-corrected chi connectivity index (χ3v) is 1.29. The molecule has 1 saturated carbocycles. The number of urea groups is 1. The Kier molecular flexibility index (Phi) is 1.38. The highest BCUT2D eigenvalue weighted by atomic mass is 16.2. The molecule has 3 N–H and O–H groups in total. The number of primary amides is 1. The van der Waals surface area contributed by atoms with Gasteiger partial charge in [0.15, 0.2) is 0 Å². The zero-order chi connectivity index (χ0) is 6.85. The van der Waals surface area contributed by atoms with Crippen LogP contribution in [0.4, 0.5) is 4.79 Å². The Bertz CT molecular complexity index is 147. The maximum Gasteiger partial charge on any atom is 0.312 e. The third-order valence-electron chi connectivity index (χ3n) is 1.29. The van der Waals surface area contributed by atoms with Crippen molar-refractivity contribution in [2.45, 2.75) is 18.9 Å². The van der Waals surface area contributed by atoms with Gasteiger partial charge in [-0.05, 0) is 0 Å². The van der Waals surface area contributed by atoms with Gasteiger partial charge in [-0.15, -0.1) is 0 Å². The molecule has 4 nitrogen and oxygen atoms in total. The minimum Gasteiger partial charge on any atom is -0.352 e. The van der Waals surface area contributed by atoms with Crippen LogP contribution in [0.25, 0.3) is 0 Å². The van der Waals surface area contributed by atoms with E-state index in [0.717, 1.165) is 0 Å². The van der Waals surface area contributed by atoms with E-state index in [1.807, 2.05) is 0 Å². The van der Waals surface area contributed by atoms with E-state index >= 15 is 0 Å². The molecule has 50 valence electrons. The molecule has 1 aliphatic carbocycles. The van der Waals surface area contributed by atoms with Crippen LogP contribution in [0.15, 0.2) is 0 Å². The van der Waals surface area contributed by atoms with Crippen LogP contribution in [0, 0.1) is 0 Å². The first-order chi connectivity index (χ1) is 4.18. The van der Waals surface area contributed by atoms with Gasteiger partial charge in [-0.2, -0.15) is 0 Å². The maximum atomic E-state index is 10.3. The molecule has 0 aromatic rings. The molecule has 0 unspecified atom stereocenters. The summed E-state index contributed by atoms with van der Waals surface area (Å²) in [6.45, 7) is 0. The predicted octanol–water partition coefficient (Wildman–Crippen LogP) is -0.614. The summed E-state index contributed by atoms with van der Waals surface area (Å²) in [6.07, 6.45) is 0.895. The molecule has 2 amide bonds. The van der Waals surface area contributed by atoms with Gasteiger partial charge >= 0.3 is 6.03 Å². The summed E-state index contributed by atoms with van der Waals surface area (Å²) in [4.78, 5) is 20.4. The van der Waals surface area contributed by atoms with E-state index in [1.54, 1.807) is 0 Å². The number of amides is 2. The highest BCUT2D eigenvalue weighted by Crippen LogP contribution is 2.12. The van der Waals surface area contributed by atoms with Crippen molar-refractivity contribution in [2.75, 3.05) is 0 Å². The lowest BCUT2D eigenvalue weighted by Gasteiger charge is -2.23. The van der Waals surface area contributed by atoms with E-state index in [0.29, 0.717) is 12.8 Å². The molecule has 0 atom stereocenters. The first kappa shape index (κ1) is 6.07. The fraction of sp³-hybridized carbons (Fsp3) is 0.600. The highest BCUT2D eigenvalue weighted by Gasteiger charge is 2.26. The fourth-order valence-corrected chi connectivity index (χ4v) is 0.793. The van der Waals surface area contributed by atoms with E-state index in [2.05, 4.69) is 5.32 Å². The number of ketones is 1. The minimum atomic E-state index is -0.549. The SMILES string of the molecule is NC(=O)NC1CC(=O)C1. The summed E-state index contributed by atoms with van der Waals surface area (Å²) in [5.41, 5.74) is 4.79. The van der Waals surface area contributed by atoms with Crippen molar-refractivity contribution in [3.63, 3.8) is 0 Å². The first-order valence-electron chi connectivity index (χ1n) is 2.76. The van der Waals surface area contributed by atoms with Crippen LogP contribution in [0.3, 0.4) is 0 Å². The summed E-state index contributed by atoms with van der Waals surface area (Å²) in [5, 5.41) is 2.43. The number of carbonyl (C=O) groups excluding carboxylic acids is 2. The van der Waals surface area contributed by atoms with Crippen molar-refractivity contribution in [2.24, 2.45) is 5.73 Å². The summed E-state index contributed by atoms with van der Waals surface area (Å²) in [7, 11) is 0. The highest BCUT2D eigenvalue weighted by molar-refractivity contribution is 5.87. The number of hydrogen-bond acceptors (Lipinski definition) is 2. The lowest BCUT2D eigenvalue weighted by Crippen LogP contribution is -2.46. The van der Waals surface area contributed by atoms with Gasteiger partial charge in [-0.3, -0.25) is 4.79 Å². The van der Waals surface area contributed by atoms with Gasteiger partial charge in [-0.25, -0.2) is 4.79 Å². The summed E-state index contributed by atoms with van der Waals surface area (Å²) < 4.78 is 0. The second-order valence-corrected chi connectivity index (χ2v) is 2.15. The molecule has 0 heterocycles. The van der Waals surface area contributed by atoms with Crippen molar-refractivity contribution in [3.8, 4) is 0 Å². The average molecular weight is 128 g/mol. The van der Waals surface area contributed by atoms with Crippen molar-refractivity contribution in [1.29, 1.82) is 0 Å². The Morgan fingerprint density at radius 2 is 2.22 bits per heavy atom. The lowest BCUT2D eigenvalue weighted by atomic mass is 9.92. The topological polar surface area (TPSA) is 72.2 Å². The van der Waals surface area contributed by atoms with E-state index in [1.165, 1.54) is 0 Å². The van der Waals surface area contributed by atoms with Crippen LogP contribution in [0.1, 0.15) is 12.8 Å². The van der Waals surface area contributed by atoms with Crippen molar-refractivity contribution in [1.82, 2.24) is 5.32 Å². The molecular formula is C5H8N2O2. The Balaban J connectivity index is 2.18. The predicted molar refractivity (Wildman–Crippen MR) is 30.7 cm³/mol. The number of hydrogen-bond donors (Lipinski definition) is 2. The van der Waals surface area contributed by atoms with Crippen LogP contribution in [-0.2, 0) is 4.79 Å².